The van der Waals surface area contributed by atoms with E-state index in [1.165, 1.54) is 0 Å². The highest BCUT2D eigenvalue weighted by molar-refractivity contribution is 6.70. The molecule has 50 valence electrons. The number of rotatable bonds is 3. The summed E-state index contributed by atoms with van der Waals surface area (Å²) in [5.74, 6) is 0. The lowest BCUT2D eigenvalue weighted by Gasteiger charge is -2.07. The lowest BCUT2D eigenvalue weighted by atomic mass is 10.5. The topological polar surface area (TPSA) is 26.0 Å². The summed E-state index contributed by atoms with van der Waals surface area (Å²) in [4.78, 5) is 0. The van der Waals surface area contributed by atoms with Crippen molar-refractivity contribution in [2.24, 2.45) is 5.73 Å². The fourth-order valence-corrected chi connectivity index (χ4v) is 1.57. The number of hydrogen-bond donors (Lipinski definition) is 1. The molecule has 0 aromatic heterocycles. The normalized spacial score (nSPS) is 12.0. The Balaban J connectivity index is 3.11. The van der Waals surface area contributed by atoms with Crippen molar-refractivity contribution < 1.29 is 4.11 Å². The second-order valence-corrected chi connectivity index (χ2v) is 6.55. The predicted octanol–water partition coefficient (Wildman–Crippen LogP) is 1.51. The summed E-state index contributed by atoms with van der Waals surface area (Å²) in [5, 5.41) is 0. The Morgan fingerprint density at radius 1 is 1.50 bits per heavy atom. The third-order valence-corrected chi connectivity index (χ3v) is 2.52. The van der Waals surface area contributed by atoms with Gasteiger partial charge >= 0.3 is 0 Å². The van der Waals surface area contributed by atoms with Crippen LogP contribution in [0.1, 0.15) is 6.42 Å². The predicted molar refractivity (Wildman–Crippen MR) is 37.1 cm³/mol. The molecule has 0 aromatic rings. The second kappa shape index (κ2) is 3.20. The molecule has 2 N–H and O–H groups in total. The minimum Gasteiger partial charge on any atom is -0.330 e. The van der Waals surface area contributed by atoms with Crippen LogP contribution in [0.5, 0.6) is 0 Å². The molecule has 8 heavy (non-hydrogen) atoms. The summed E-state index contributed by atoms with van der Waals surface area (Å²) in [6.45, 7) is 4.05. The number of hydrogen-bond acceptors (Lipinski definition) is 1. The lowest BCUT2D eigenvalue weighted by Crippen LogP contribution is -2.18. The van der Waals surface area contributed by atoms with E-state index in [4.69, 9.17) is 5.73 Å². The van der Waals surface area contributed by atoms with E-state index in [2.05, 4.69) is 0 Å². The summed E-state index contributed by atoms with van der Waals surface area (Å²) in [6, 6.07) is 0.712. The first-order valence-corrected chi connectivity index (χ1v) is 6.04. The highest BCUT2D eigenvalue weighted by Gasteiger charge is 2.18. The van der Waals surface area contributed by atoms with Gasteiger partial charge in [-0.2, -0.15) is 0 Å². The number of halogens is 1. The molecular formula is C5H14FNSi. The van der Waals surface area contributed by atoms with Crippen LogP contribution >= 0.6 is 0 Å². The lowest BCUT2D eigenvalue weighted by molar-refractivity contribution is 0.761. The maximum absolute atomic E-state index is 12.7. The fourth-order valence-electron chi connectivity index (χ4n) is 0.522. The van der Waals surface area contributed by atoms with Gasteiger partial charge in [-0.15, -0.1) is 0 Å². The first-order valence-electron chi connectivity index (χ1n) is 2.95. The van der Waals surface area contributed by atoms with Crippen LogP contribution in [0.25, 0.3) is 0 Å². The van der Waals surface area contributed by atoms with Crippen molar-refractivity contribution in [2.75, 3.05) is 6.54 Å². The van der Waals surface area contributed by atoms with Crippen LogP contribution in [-0.4, -0.2) is 15.0 Å². The van der Waals surface area contributed by atoms with Crippen LogP contribution < -0.4 is 5.73 Å². The zero-order valence-electron chi connectivity index (χ0n) is 5.58. The second-order valence-electron chi connectivity index (χ2n) is 2.61. The molecule has 0 atom stereocenters. The Morgan fingerprint density at radius 2 is 2.00 bits per heavy atom. The molecule has 0 unspecified atom stereocenters. The molecule has 0 bridgehead atoms. The number of nitrogens with two attached hydrogens (primary N) is 1. The molecule has 0 fully saturated rings. The Kier molecular flexibility index (Phi) is 3.24. The van der Waals surface area contributed by atoms with E-state index in [9.17, 15) is 4.11 Å². The molecule has 0 aliphatic carbocycles. The maximum atomic E-state index is 12.7. The summed E-state index contributed by atoms with van der Waals surface area (Å²) in [5.41, 5.74) is 5.19. The van der Waals surface area contributed by atoms with Crippen LogP contribution in [0.4, 0.5) is 4.11 Å². The summed E-state index contributed by atoms with van der Waals surface area (Å²) in [6.07, 6.45) is 0.843. The Morgan fingerprint density at radius 3 is 2.12 bits per heavy atom. The van der Waals surface area contributed by atoms with Crippen LogP contribution in [0.15, 0.2) is 0 Å². The van der Waals surface area contributed by atoms with Crippen molar-refractivity contribution in [2.45, 2.75) is 25.6 Å². The summed E-state index contributed by atoms with van der Waals surface area (Å²) in [7, 11) is -2.26. The third-order valence-electron chi connectivity index (χ3n) is 0.975. The van der Waals surface area contributed by atoms with E-state index < -0.39 is 8.41 Å². The molecule has 0 spiro atoms. The zero-order valence-corrected chi connectivity index (χ0v) is 6.58. The molecule has 0 aromatic carbocycles. The van der Waals surface area contributed by atoms with E-state index in [0.717, 1.165) is 6.42 Å². The van der Waals surface area contributed by atoms with Gasteiger partial charge in [-0.3, -0.25) is 0 Å². The maximum Gasteiger partial charge on any atom is 0.241 e. The van der Waals surface area contributed by atoms with Gasteiger partial charge in [-0.1, -0.05) is 0 Å². The van der Waals surface area contributed by atoms with E-state index >= 15 is 0 Å². The van der Waals surface area contributed by atoms with Gasteiger partial charge in [0, 0.05) is 0 Å². The first kappa shape index (κ1) is 8.11. The molecule has 0 aliphatic rings. The Labute approximate surface area is 51.3 Å². The van der Waals surface area contributed by atoms with Crippen LogP contribution in [0, 0.1) is 0 Å². The zero-order chi connectivity index (χ0) is 6.62. The van der Waals surface area contributed by atoms with Crippen LogP contribution in [0.2, 0.25) is 19.1 Å². The van der Waals surface area contributed by atoms with Gasteiger partial charge in [0.25, 0.3) is 0 Å². The van der Waals surface area contributed by atoms with E-state index in [-0.39, 0.29) is 0 Å². The van der Waals surface area contributed by atoms with Gasteiger partial charge in [-0.05, 0) is 32.1 Å². The van der Waals surface area contributed by atoms with Gasteiger partial charge < -0.3 is 9.84 Å². The molecule has 3 heteroatoms. The van der Waals surface area contributed by atoms with Gasteiger partial charge in [0.2, 0.25) is 8.41 Å². The van der Waals surface area contributed by atoms with Gasteiger partial charge in [0.15, 0.2) is 0 Å². The summed E-state index contributed by atoms with van der Waals surface area (Å²) >= 11 is 0. The third kappa shape index (κ3) is 6.11. The largest absolute Gasteiger partial charge is 0.330 e. The molecule has 0 aliphatic heterocycles. The minimum absolute atomic E-state index is 0.625. The van der Waals surface area contributed by atoms with Crippen molar-refractivity contribution in [1.82, 2.24) is 0 Å². The van der Waals surface area contributed by atoms with Crippen molar-refractivity contribution in [1.29, 1.82) is 0 Å². The van der Waals surface area contributed by atoms with E-state index in [0.29, 0.717) is 12.6 Å². The SMILES string of the molecule is C[Si](C)(F)CCCN. The van der Waals surface area contributed by atoms with Crippen LogP contribution in [-0.2, 0) is 0 Å². The van der Waals surface area contributed by atoms with E-state index in [1.54, 1.807) is 13.1 Å². The minimum atomic E-state index is -2.26. The molecule has 0 radical (unpaired) electrons. The molecule has 0 rings (SSSR count). The summed E-state index contributed by atoms with van der Waals surface area (Å²) < 4.78 is 12.7. The molecule has 0 amide bonds. The monoisotopic (exact) mass is 135 g/mol. The molecule has 0 saturated heterocycles. The highest BCUT2D eigenvalue weighted by Crippen LogP contribution is 2.11. The molecule has 0 saturated carbocycles. The van der Waals surface area contributed by atoms with E-state index in [1.807, 2.05) is 0 Å². The van der Waals surface area contributed by atoms with Crippen LogP contribution in [0.3, 0.4) is 0 Å². The van der Waals surface area contributed by atoms with Gasteiger partial charge in [0.05, 0.1) is 0 Å². The Hall–Kier alpha value is 0.107. The quantitative estimate of drug-likeness (QED) is 0.461. The standard InChI is InChI=1S/C5H14FNSi/c1-8(2,6)5-3-4-7/h3-5,7H2,1-2H3. The van der Waals surface area contributed by atoms with Crippen molar-refractivity contribution in [3.8, 4) is 0 Å². The van der Waals surface area contributed by atoms with Gasteiger partial charge in [-0.25, -0.2) is 0 Å². The molecular weight excluding hydrogens is 121 g/mol. The Bertz CT molecular complexity index is 59.9. The van der Waals surface area contributed by atoms with Gasteiger partial charge in [0.1, 0.15) is 0 Å². The van der Waals surface area contributed by atoms with Crippen molar-refractivity contribution >= 4 is 8.41 Å². The average molecular weight is 135 g/mol. The van der Waals surface area contributed by atoms with Crippen molar-refractivity contribution in [3.05, 3.63) is 0 Å². The smallest absolute Gasteiger partial charge is 0.241 e. The molecule has 0 heterocycles. The fraction of sp³-hybridized carbons (Fsp3) is 1.00. The highest BCUT2D eigenvalue weighted by atomic mass is 28.4. The first-order chi connectivity index (χ1) is 3.56. The van der Waals surface area contributed by atoms with Crippen molar-refractivity contribution in [3.63, 3.8) is 0 Å². The molecule has 1 nitrogen and oxygen atoms in total. The average Bonchev–Trinajstić information content (AvgIpc) is 1.59.